The molecule has 0 saturated carbocycles. The van der Waals surface area contributed by atoms with E-state index in [0.29, 0.717) is 11.4 Å². The molecule has 0 aliphatic heterocycles. The second kappa shape index (κ2) is 6.42. The van der Waals surface area contributed by atoms with Crippen LogP contribution >= 0.6 is 0 Å². The largest absolute Gasteiger partial charge is 0.466 e. The summed E-state index contributed by atoms with van der Waals surface area (Å²) < 4.78 is 29.9. The van der Waals surface area contributed by atoms with E-state index in [1.54, 1.807) is 31.2 Å². The van der Waals surface area contributed by atoms with E-state index in [1.807, 2.05) is 0 Å². The van der Waals surface area contributed by atoms with Gasteiger partial charge in [0.25, 0.3) is 0 Å². The number of esters is 1. The molecule has 1 aromatic carbocycles. The van der Waals surface area contributed by atoms with Gasteiger partial charge in [0.05, 0.1) is 30.2 Å². The van der Waals surface area contributed by atoms with E-state index < -0.39 is 16.0 Å². The monoisotopic (exact) mass is 286 g/mol. The number of anilines is 2. The number of benzene rings is 1. The van der Waals surface area contributed by atoms with Gasteiger partial charge < -0.3 is 10.5 Å². The number of nitrogens with zero attached hydrogens (tertiary/aromatic N) is 1. The van der Waals surface area contributed by atoms with Gasteiger partial charge in [-0.1, -0.05) is 12.1 Å². The number of nitrogens with two attached hydrogens (primary N) is 1. The van der Waals surface area contributed by atoms with Gasteiger partial charge in [0.2, 0.25) is 10.0 Å². The van der Waals surface area contributed by atoms with Crippen molar-refractivity contribution in [2.75, 3.05) is 29.4 Å². The van der Waals surface area contributed by atoms with Crippen LogP contribution < -0.4 is 10.0 Å². The summed E-state index contributed by atoms with van der Waals surface area (Å²) in [4.78, 5) is 11.2. The predicted molar refractivity (Wildman–Crippen MR) is 74.3 cm³/mol. The van der Waals surface area contributed by atoms with Crippen LogP contribution in [-0.4, -0.2) is 33.8 Å². The van der Waals surface area contributed by atoms with Gasteiger partial charge >= 0.3 is 5.97 Å². The molecule has 0 unspecified atom stereocenters. The number of rotatable bonds is 6. The molecule has 0 radical (unpaired) electrons. The molecule has 0 bridgehead atoms. The van der Waals surface area contributed by atoms with Gasteiger partial charge in [-0.25, -0.2) is 8.42 Å². The molecule has 0 aliphatic carbocycles. The molecule has 0 saturated heterocycles. The highest BCUT2D eigenvalue weighted by atomic mass is 32.2. The lowest BCUT2D eigenvalue weighted by atomic mass is 10.3. The maximum atomic E-state index is 12.1. The Balaban J connectivity index is 2.78. The Morgan fingerprint density at radius 3 is 2.58 bits per heavy atom. The number of carbonyl (C=O) groups excluding carboxylic acids is 1. The van der Waals surface area contributed by atoms with E-state index in [-0.39, 0.29) is 18.8 Å². The minimum atomic E-state index is -3.60. The molecule has 0 amide bonds. The fourth-order valence-electron chi connectivity index (χ4n) is 1.51. The van der Waals surface area contributed by atoms with Crippen LogP contribution in [0.25, 0.3) is 0 Å². The SMILES string of the molecule is CCOC(=O)CCS(=O)(=O)N(C)c1ccccc1N. The zero-order chi connectivity index (χ0) is 14.5. The maximum Gasteiger partial charge on any atom is 0.306 e. The zero-order valence-corrected chi connectivity index (χ0v) is 11.8. The second-order valence-corrected chi connectivity index (χ2v) is 6.02. The molecule has 0 fully saturated rings. The van der Waals surface area contributed by atoms with E-state index in [1.165, 1.54) is 7.05 Å². The van der Waals surface area contributed by atoms with Crippen LogP contribution in [0.4, 0.5) is 11.4 Å². The number of hydrogen-bond donors (Lipinski definition) is 1. The number of nitrogen functional groups attached to an aromatic ring is 1. The lowest BCUT2D eigenvalue weighted by Gasteiger charge is -2.20. The van der Waals surface area contributed by atoms with E-state index >= 15 is 0 Å². The van der Waals surface area contributed by atoms with Crippen molar-refractivity contribution in [3.05, 3.63) is 24.3 Å². The van der Waals surface area contributed by atoms with E-state index in [0.717, 1.165) is 4.31 Å². The summed E-state index contributed by atoms with van der Waals surface area (Å²) in [6, 6.07) is 6.64. The first-order valence-corrected chi connectivity index (χ1v) is 7.46. The van der Waals surface area contributed by atoms with Crippen LogP contribution in [0.15, 0.2) is 24.3 Å². The van der Waals surface area contributed by atoms with Gasteiger partial charge in [-0.3, -0.25) is 9.10 Å². The lowest BCUT2D eigenvalue weighted by molar-refractivity contribution is -0.142. The molecule has 1 rings (SSSR count). The molecular formula is C12H18N2O4S. The van der Waals surface area contributed by atoms with Crippen molar-refractivity contribution in [1.82, 2.24) is 0 Å². The first kappa shape index (κ1) is 15.3. The van der Waals surface area contributed by atoms with Crippen LogP contribution in [-0.2, 0) is 19.6 Å². The Hall–Kier alpha value is -1.76. The number of hydrogen-bond acceptors (Lipinski definition) is 5. The quantitative estimate of drug-likeness (QED) is 0.622. The van der Waals surface area contributed by atoms with Gasteiger partial charge in [-0.15, -0.1) is 0 Å². The van der Waals surface area contributed by atoms with Gasteiger partial charge in [0, 0.05) is 7.05 Å². The summed E-state index contributed by atoms with van der Waals surface area (Å²) in [7, 11) is -2.19. The molecule has 106 valence electrons. The average molecular weight is 286 g/mol. The maximum absolute atomic E-state index is 12.1. The second-order valence-electron chi connectivity index (χ2n) is 3.90. The molecular weight excluding hydrogens is 268 g/mol. The third-order valence-corrected chi connectivity index (χ3v) is 4.31. The fourth-order valence-corrected chi connectivity index (χ4v) is 2.67. The van der Waals surface area contributed by atoms with Crippen molar-refractivity contribution in [3.8, 4) is 0 Å². The summed E-state index contributed by atoms with van der Waals surface area (Å²) in [5.74, 6) is -0.836. The van der Waals surface area contributed by atoms with Gasteiger partial charge in [0.1, 0.15) is 0 Å². The molecule has 1 aromatic rings. The highest BCUT2D eigenvalue weighted by Gasteiger charge is 2.21. The normalized spacial score (nSPS) is 11.1. The predicted octanol–water partition coefficient (Wildman–Crippen LogP) is 0.988. The number of sulfonamides is 1. The molecule has 6 nitrogen and oxygen atoms in total. The molecule has 0 heterocycles. The average Bonchev–Trinajstić information content (AvgIpc) is 2.37. The summed E-state index contributed by atoms with van der Waals surface area (Å²) in [5, 5.41) is 0. The molecule has 0 atom stereocenters. The van der Waals surface area contributed by atoms with Crippen molar-refractivity contribution in [2.24, 2.45) is 0 Å². The van der Waals surface area contributed by atoms with Gasteiger partial charge in [-0.2, -0.15) is 0 Å². The van der Waals surface area contributed by atoms with Gasteiger partial charge in [-0.05, 0) is 19.1 Å². The van der Waals surface area contributed by atoms with Crippen LogP contribution in [0.2, 0.25) is 0 Å². The fraction of sp³-hybridized carbons (Fsp3) is 0.417. The third kappa shape index (κ3) is 4.13. The number of para-hydroxylation sites is 2. The van der Waals surface area contributed by atoms with Crippen molar-refractivity contribution in [3.63, 3.8) is 0 Å². The summed E-state index contributed by atoms with van der Waals surface area (Å²) in [5.41, 5.74) is 6.48. The smallest absolute Gasteiger partial charge is 0.306 e. The summed E-state index contributed by atoms with van der Waals surface area (Å²) in [6.45, 7) is 1.91. The first-order valence-electron chi connectivity index (χ1n) is 5.85. The van der Waals surface area contributed by atoms with E-state index in [2.05, 4.69) is 0 Å². The summed E-state index contributed by atoms with van der Waals surface area (Å²) >= 11 is 0. The first-order chi connectivity index (χ1) is 8.88. The Morgan fingerprint density at radius 1 is 1.37 bits per heavy atom. The van der Waals surface area contributed by atoms with Crippen LogP contribution in [0.1, 0.15) is 13.3 Å². The number of carbonyl (C=O) groups is 1. The molecule has 19 heavy (non-hydrogen) atoms. The van der Waals surface area contributed by atoms with E-state index in [4.69, 9.17) is 10.5 Å². The third-order valence-electron chi connectivity index (χ3n) is 2.56. The van der Waals surface area contributed by atoms with Crippen LogP contribution in [0.5, 0.6) is 0 Å². The van der Waals surface area contributed by atoms with Crippen molar-refractivity contribution < 1.29 is 17.9 Å². The Morgan fingerprint density at radius 2 is 2.00 bits per heavy atom. The van der Waals surface area contributed by atoms with Gasteiger partial charge in [0.15, 0.2) is 0 Å². The summed E-state index contributed by atoms with van der Waals surface area (Å²) in [6.07, 6.45) is -0.173. The molecule has 0 aromatic heterocycles. The minimum Gasteiger partial charge on any atom is -0.466 e. The molecule has 7 heteroatoms. The molecule has 2 N–H and O–H groups in total. The molecule has 0 aliphatic rings. The highest BCUT2D eigenvalue weighted by Crippen LogP contribution is 2.23. The van der Waals surface area contributed by atoms with Crippen molar-refractivity contribution in [2.45, 2.75) is 13.3 Å². The lowest BCUT2D eigenvalue weighted by Crippen LogP contribution is -2.30. The van der Waals surface area contributed by atoms with Crippen molar-refractivity contribution in [1.29, 1.82) is 0 Å². The van der Waals surface area contributed by atoms with Crippen LogP contribution in [0.3, 0.4) is 0 Å². The highest BCUT2D eigenvalue weighted by molar-refractivity contribution is 7.92. The number of ether oxygens (including phenoxy) is 1. The van der Waals surface area contributed by atoms with Crippen LogP contribution in [0, 0.1) is 0 Å². The topological polar surface area (TPSA) is 89.7 Å². The minimum absolute atomic E-state index is 0.173. The molecule has 0 spiro atoms. The zero-order valence-electron chi connectivity index (χ0n) is 11.0. The standard InChI is InChI=1S/C12H18N2O4S/c1-3-18-12(15)8-9-19(16,17)14(2)11-7-5-4-6-10(11)13/h4-7H,3,8-9,13H2,1-2H3. The van der Waals surface area contributed by atoms with E-state index in [9.17, 15) is 13.2 Å². The Bertz CT molecular complexity index is 542. The Labute approximate surface area is 113 Å². The van der Waals surface area contributed by atoms with Crippen molar-refractivity contribution >= 4 is 27.4 Å². The Kier molecular flexibility index (Phi) is 5.17.